The molecule has 0 atom stereocenters. The molecule has 3 nitrogen and oxygen atoms in total. The van der Waals surface area contributed by atoms with Crippen LogP contribution in [0.25, 0.3) is 0 Å². The first-order valence-corrected chi connectivity index (χ1v) is 5.72. The van der Waals surface area contributed by atoms with Gasteiger partial charge in [0.25, 0.3) is 0 Å². The Bertz CT molecular complexity index is 332. The Morgan fingerprint density at radius 2 is 2.06 bits per heavy atom. The van der Waals surface area contributed by atoms with Gasteiger partial charge in [0.05, 0.1) is 5.69 Å². The average molecular weight is 221 g/mol. The molecular weight excluding hydrogens is 198 g/mol. The number of aryl methyl sites for hydroxylation is 1. The summed E-state index contributed by atoms with van der Waals surface area (Å²) in [4.78, 5) is 6.59. The van der Waals surface area contributed by atoms with E-state index in [2.05, 4.69) is 56.1 Å². The largest absolute Gasteiger partial charge is 0.309 e. The number of pyridine rings is 1. The molecule has 0 saturated heterocycles. The molecule has 90 valence electrons. The van der Waals surface area contributed by atoms with Crippen molar-refractivity contribution in [1.82, 2.24) is 15.2 Å². The monoisotopic (exact) mass is 221 g/mol. The van der Waals surface area contributed by atoms with Crippen LogP contribution in [0.2, 0.25) is 0 Å². The van der Waals surface area contributed by atoms with Gasteiger partial charge < -0.3 is 10.2 Å². The molecule has 0 amide bonds. The van der Waals surface area contributed by atoms with Crippen LogP contribution >= 0.6 is 0 Å². The van der Waals surface area contributed by atoms with E-state index in [0.29, 0.717) is 0 Å². The van der Waals surface area contributed by atoms with Crippen LogP contribution in [0.4, 0.5) is 0 Å². The summed E-state index contributed by atoms with van der Waals surface area (Å²) in [6, 6.07) is 4.07. The van der Waals surface area contributed by atoms with Gasteiger partial charge in [0.2, 0.25) is 0 Å². The highest BCUT2D eigenvalue weighted by Crippen LogP contribution is 2.09. The van der Waals surface area contributed by atoms with Crippen LogP contribution in [-0.4, -0.2) is 36.1 Å². The lowest BCUT2D eigenvalue weighted by molar-refractivity contribution is 0.189. The lowest BCUT2D eigenvalue weighted by Gasteiger charge is -2.32. The van der Waals surface area contributed by atoms with Gasteiger partial charge in [-0.3, -0.25) is 4.98 Å². The fourth-order valence-corrected chi connectivity index (χ4v) is 1.35. The van der Waals surface area contributed by atoms with Crippen LogP contribution in [0.5, 0.6) is 0 Å². The molecule has 0 saturated carbocycles. The molecule has 1 N–H and O–H groups in total. The topological polar surface area (TPSA) is 28.2 Å². The first-order chi connectivity index (χ1) is 7.43. The minimum atomic E-state index is 0.169. The third kappa shape index (κ3) is 3.58. The summed E-state index contributed by atoms with van der Waals surface area (Å²) >= 11 is 0. The summed E-state index contributed by atoms with van der Waals surface area (Å²) in [5, 5.41) is 3.46. The standard InChI is InChI=1S/C13H23N3/c1-11-7-6-8-15-12(11)9-14-10-13(2,3)16(4)5/h6-8,14H,9-10H2,1-5H3. The first kappa shape index (κ1) is 13.1. The molecule has 0 unspecified atom stereocenters. The molecule has 1 aromatic rings. The van der Waals surface area contributed by atoms with E-state index in [1.807, 2.05) is 12.3 Å². The maximum absolute atomic E-state index is 4.37. The third-order valence-corrected chi connectivity index (χ3v) is 3.18. The molecule has 0 aliphatic rings. The fraction of sp³-hybridized carbons (Fsp3) is 0.615. The second kappa shape index (κ2) is 5.41. The zero-order valence-corrected chi connectivity index (χ0v) is 11.0. The summed E-state index contributed by atoms with van der Waals surface area (Å²) in [6.07, 6.45) is 1.85. The second-order valence-corrected chi connectivity index (χ2v) is 5.08. The second-order valence-electron chi connectivity index (χ2n) is 5.08. The molecule has 0 aliphatic heterocycles. The van der Waals surface area contributed by atoms with Crippen molar-refractivity contribution in [3.8, 4) is 0 Å². The lowest BCUT2D eigenvalue weighted by Crippen LogP contribution is -2.46. The predicted molar refractivity (Wildman–Crippen MR) is 68.4 cm³/mol. The third-order valence-electron chi connectivity index (χ3n) is 3.18. The number of aromatic nitrogens is 1. The highest BCUT2D eigenvalue weighted by Gasteiger charge is 2.19. The van der Waals surface area contributed by atoms with Crippen LogP contribution in [-0.2, 0) is 6.54 Å². The van der Waals surface area contributed by atoms with Gasteiger partial charge in [-0.1, -0.05) is 6.07 Å². The molecule has 0 bridgehead atoms. The Morgan fingerprint density at radius 1 is 1.38 bits per heavy atom. The molecule has 0 radical (unpaired) electrons. The van der Waals surface area contributed by atoms with Gasteiger partial charge in [-0.15, -0.1) is 0 Å². The van der Waals surface area contributed by atoms with E-state index >= 15 is 0 Å². The van der Waals surface area contributed by atoms with Crippen molar-refractivity contribution in [2.75, 3.05) is 20.6 Å². The summed E-state index contributed by atoms with van der Waals surface area (Å²) in [6.45, 7) is 8.34. The van der Waals surface area contributed by atoms with E-state index in [4.69, 9.17) is 0 Å². The van der Waals surface area contributed by atoms with E-state index in [-0.39, 0.29) is 5.54 Å². The molecule has 0 aromatic carbocycles. The Balaban J connectivity index is 2.45. The van der Waals surface area contributed by atoms with E-state index in [1.165, 1.54) is 5.56 Å². The van der Waals surface area contributed by atoms with Crippen LogP contribution < -0.4 is 5.32 Å². The minimum Gasteiger partial charge on any atom is -0.309 e. The van der Waals surface area contributed by atoms with Gasteiger partial charge in [-0.05, 0) is 46.5 Å². The van der Waals surface area contributed by atoms with E-state index in [1.54, 1.807) is 0 Å². The molecule has 3 heteroatoms. The SMILES string of the molecule is Cc1cccnc1CNCC(C)(C)N(C)C. The smallest absolute Gasteiger partial charge is 0.0570 e. The zero-order chi connectivity index (χ0) is 12.2. The number of rotatable bonds is 5. The quantitative estimate of drug-likeness (QED) is 0.822. The first-order valence-electron chi connectivity index (χ1n) is 5.72. The normalized spacial score (nSPS) is 12.1. The molecule has 1 aromatic heterocycles. The molecule has 0 fully saturated rings. The number of nitrogens with zero attached hydrogens (tertiary/aromatic N) is 2. The summed E-state index contributed by atoms with van der Waals surface area (Å²) in [5.41, 5.74) is 2.55. The van der Waals surface area contributed by atoms with Crippen molar-refractivity contribution in [2.45, 2.75) is 32.9 Å². The number of hydrogen-bond donors (Lipinski definition) is 1. The zero-order valence-electron chi connectivity index (χ0n) is 11.0. The van der Waals surface area contributed by atoms with Gasteiger partial charge >= 0.3 is 0 Å². The van der Waals surface area contributed by atoms with Crippen molar-refractivity contribution in [1.29, 1.82) is 0 Å². The predicted octanol–water partition coefficient (Wildman–Crippen LogP) is 1.82. The van der Waals surface area contributed by atoms with Gasteiger partial charge in [0, 0.05) is 24.8 Å². The molecule has 1 heterocycles. The maximum atomic E-state index is 4.37. The summed E-state index contributed by atoms with van der Waals surface area (Å²) in [7, 11) is 4.21. The molecule has 16 heavy (non-hydrogen) atoms. The van der Waals surface area contributed by atoms with Crippen LogP contribution in [0.3, 0.4) is 0 Å². The van der Waals surface area contributed by atoms with Gasteiger partial charge in [0.15, 0.2) is 0 Å². The number of hydrogen-bond acceptors (Lipinski definition) is 3. The molecular formula is C13H23N3. The van der Waals surface area contributed by atoms with E-state index in [0.717, 1.165) is 18.8 Å². The Morgan fingerprint density at radius 3 is 2.62 bits per heavy atom. The van der Waals surface area contributed by atoms with Crippen molar-refractivity contribution in [3.63, 3.8) is 0 Å². The van der Waals surface area contributed by atoms with Crippen molar-refractivity contribution >= 4 is 0 Å². The van der Waals surface area contributed by atoms with Gasteiger partial charge in [0.1, 0.15) is 0 Å². The van der Waals surface area contributed by atoms with Crippen molar-refractivity contribution in [2.24, 2.45) is 0 Å². The highest BCUT2D eigenvalue weighted by atomic mass is 15.2. The molecule has 1 rings (SSSR count). The summed E-state index contributed by atoms with van der Waals surface area (Å²) < 4.78 is 0. The van der Waals surface area contributed by atoms with Gasteiger partial charge in [-0.25, -0.2) is 0 Å². The Hall–Kier alpha value is -0.930. The fourth-order valence-electron chi connectivity index (χ4n) is 1.35. The Kier molecular flexibility index (Phi) is 4.44. The van der Waals surface area contributed by atoms with Crippen molar-refractivity contribution in [3.05, 3.63) is 29.6 Å². The van der Waals surface area contributed by atoms with Crippen LogP contribution in [0, 0.1) is 6.92 Å². The Labute approximate surface area is 98.9 Å². The number of nitrogens with one attached hydrogen (secondary N) is 1. The van der Waals surface area contributed by atoms with E-state index < -0.39 is 0 Å². The minimum absolute atomic E-state index is 0.169. The highest BCUT2D eigenvalue weighted by molar-refractivity contribution is 5.17. The molecule has 0 aliphatic carbocycles. The van der Waals surface area contributed by atoms with Gasteiger partial charge in [-0.2, -0.15) is 0 Å². The number of likely N-dealkylation sites (N-methyl/N-ethyl adjacent to an activating group) is 1. The summed E-state index contributed by atoms with van der Waals surface area (Å²) in [5.74, 6) is 0. The lowest BCUT2D eigenvalue weighted by atomic mass is 10.0. The average Bonchev–Trinajstić information content (AvgIpc) is 2.20. The van der Waals surface area contributed by atoms with E-state index in [9.17, 15) is 0 Å². The molecule has 0 spiro atoms. The van der Waals surface area contributed by atoms with Crippen LogP contribution in [0.15, 0.2) is 18.3 Å². The maximum Gasteiger partial charge on any atom is 0.0570 e. The van der Waals surface area contributed by atoms with Crippen molar-refractivity contribution < 1.29 is 0 Å². The van der Waals surface area contributed by atoms with Crippen LogP contribution in [0.1, 0.15) is 25.1 Å².